The minimum Gasteiger partial charge on any atom is -0.396 e. The topological polar surface area (TPSA) is 57.6 Å². The molecule has 0 aliphatic heterocycles. The van der Waals surface area contributed by atoms with Gasteiger partial charge in [0.15, 0.2) is 0 Å². The summed E-state index contributed by atoms with van der Waals surface area (Å²) in [5.41, 5.74) is 1.01. The molecule has 0 aliphatic carbocycles. The predicted molar refractivity (Wildman–Crippen MR) is 71.8 cm³/mol. The van der Waals surface area contributed by atoms with Crippen LogP contribution < -0.4 is 0 Å². The number of rotatable bonds is 7. The van der Waals surface area contributed by atoms with Crippen molar-refractivity contribution in [2.45, 2.75) is 18.2 Å². The van der Waals surface area contributed by atoms with Gasteiger partial charge in [0.25, 0.3) is 0 Å². The minimum atomic E-state index is -3.50. The maximum absolute atomic E-state index is 12.3. The first-order valence-electron chi connectivity index (χ1n) is 5.81. The molecule has 0 amide bonds. The summed E-state index contributed by atoms with van der Waals surface area (Å²) >= 11 is 0. The van der Waals surface area contributed by atoms with Gasteiger partial charge in [-0.15, -0.1) is 6.58 Å². The van der Waals surface area contributed by atoms with E-state index < -0.39 is 10.0 Å². The molecule has 0 bridgehead atoms. The molecule has 0 aliphatic rings. The second-order valence-corrected chi connectivity index (χ2v) is 5.98. The van der Waals surface area contributed by atoms with E-state index in [1.165, 1.54) is 4.31 Å². The normalized spacial score (nSPS) is 11.7. The highest BCUT2D eigenvalue weighted by Gasteiger charge is 2.22. The number of aliphatic hydroxyl groups excluding tert-OH is 1. The van der Waals surface area contributed by atoms with Gasteiger partial charge >= 0.3 is 0 Å². The van der Waals surface area contributed by atoms with E-state index in [1.807, 2.05) is 6.92 Å². The van der Waals surface area contributed by atoms with Crippen LogP contribution in [0, 0.1) is 6.92 Å². The number of hydrogen-bond acceptors (Lipinski definition) is 3. The van der Waals surface area contributed by atoms with E-state index in [0.717, 1.165) is 5.56 Å². The maximum Gasteiger partial charge on any atom is 0.243 e. The number of sulfonamides is 1. The minimum absolute atomic E-state index is 0.0307. The third-order valence-corrected chi connectivity index (χ3v) is 4.44. The molecule has 1 aromatic carbocycles. The van der Waals surface area contributed by atoms with E-state index in [-0.39, 0.29) is 18.0 Å². The lowest BCUT2D eigenvalue weighted by molar-refractivity contribution is 0.272. The largest absolute Gasteiger partial charge is 0.396 e. The Labute approximate surface area is 109 Å². The van der Waals surface area contributed by atoms with Crippen LogP contribution in [0.3, 0.4) is 0 Å². The Morgan fingerprint density at radius 2 is 1.94 bits per heavy atom. The zero-order chi connectivity index (χ0) is 13.6. The molecule has 5 heteroatoms. The van der Waals surface area contributed by atoms with Crippen molar-refractivity contribution in [2.24, 2.45) is 0 Å². The van der Waals surface area contributed by atoms with Crippen molar-refractivity contribution in [1.29, 1.82) is 0 Å². The fourth-order valence-corrected chi connectivity index (χ4v) is 3.01. The highest BCUT2D eigenvalue weighted by Crippen LogP contribution is 2.16. The van der Waals surface area contributed by atoms with Crippen molar-refractivity contribution in [1.82, 2.24) is 4.31 Å². The average Bonchev–Trinajstić information content (AvgIpc) is 2.35. The molecule has 0 aromatic heterocycles. The lowest BCUT2D eigenvalue weighted by atomic mass is 10.2. The van der Waals surface area contributed by atoms with Gasteiger partial charge in [-0.25, -0.2) is 8.42 Å². The number of aryl methyl sites for hydroxylation is 1. The van der Waals surface area contributed by atoms with Gasteiger partial charge in [0, 0.05) is 19.7 Å². The van der Waals surface area contributed by atoms with Gasteiger partial charge in [-0.05, 0) is 25.5 Å². The average molecular weight is 269 g/mol. The molecular weight excluding hydrogens is 250 g/mol. The zero-order valence-electron chi connectivity index (χ0n) is 10.5. The smallest absolute Gasteiger partial charge is 0.243 e. The fraction of sp³-hybridized carbons (Fsp3) is 0.385. The van der Waals surface area contributed by atoms with Crippen molar-refractivity contribution in [2.75, 3.05) is 19.7 Å². The van der Waals surface area contributed by atoms with E-state index >= 15 is 0 Å². The molecule has 0 unspecified atom stereocenters. The first-order valence-corrected chi connectivity index (χ1v) is 7.25. The van der Waals surface area contributed by atoms with Crippen LogP contribution in [0.15, 0.2) is 41.8 Å². The summed E-state index contributed by atoms with van der Waals surface area (Å²) in [5, 5.41) is 8.81. The molecule has 18 heavy (non-hydrogen) atoms. The van der Waals surface area contributed by atoms with E-state index in [9.17, 15) is 8.42 Å². The summed E-state index contributed by atoms with van der Waals surface area (Å²) in [6, 6.07) is 6.73. The fourth-order valence-electron chi connectivity index (χ4n) is 1.56. The van der Waals surface area contributed by atoms with Crippen molar-refractivity contribution < 1.29 is 13.5 Å². The first-order chi connectivity index (χ1) is 8.52. The van der Waals surface area contributed by atoms with E-state index in [4.69, 9.17) is 5.11 Å². The molecular formula is C13H19NO3S. The van der Waals surface area contributed by atoms with Crippen LogP contribution in [-0.4, -0.2) is 37.5 Å². The van der Waals surface area contributed by atoms with Crippen molar-refractivity contribution in [3.8, 4) is 0 Å². The molecule has 1 aromatic rings. The van der Waals surface area contributed by atoms with Crippen LogP contribution in [0.2, 0.25) is 0 Å². The van der Waals surface area contributed by atoms with Gasteiger partial charge in [-0.2, -0.15) is 4.31 Å². The standard InChI is InChI=1S/C13H19NO3S/c1-3-9-14(10-4-11-15)18(16,17)13-7-5-12(2)6-8-13/h3,5-8,15H,1,4,9-11H2,2H3. The quantitative estimate of drug-likeness (QED) is 0.764. The molecule has 1 N–H and O–H groups in total. The van der Waals surface area contributed by atoms with Crippen LogP contribution in [-0.2, 0) is 10.0 Å². The van der Waals surface area contributed by atoms with Gasteiger partial charge in [0.1, 0.15) is 0 Å². The predicted octanol–water partition coefficient (Wildman–Crippen LogP) is 1.55. The monoisotopic (exact) mass is 269 g/mol. The molecule has 1 rings (SSSR count). The van der Waals surface area contributed by atoms with Crippen molar-refractivity contribution >= 4 is 10.0 Å². The SMILES string of the molecule is C=CCN(CCCO)S(=O)(=O)c1ccc(C)cc1. The molecule has 100 valence electrons. The Hall–Kier alpha value is -1.17. The van der Waals surface area contributed by atoms with Gasteiger partial charge in [0.2, 0.25) is 10.0 Å². The molecule has 0 atom stereocenters. The Kier molecular flexibility index (Phi) is 5.53. The molecule has 0 radical (unpaired) electrons. The van der Waals surface area contributed by atoms with Gasteiger partial charge in [0.05, 0.1) is 4.90 Å². The summed E-state index contributed by atoms with van der Waals surface area (Å²) in [4.78, 5) is 0.271. The number of hydrogen-bond donors (Lipinski definition) is 1. The summed E-state index contributed by atoms with van der Waals surface area (Å²) in [7, 11) is -3.50. The van der Waals surface area contributed by atoms with E-state index in [2.05, 4.69) is 6.58 Å². The zero-order valence-corrected chi connectivity index (χ0v) is 11.4. The van der Waals surface area contributed by atoms with E-state index in [0.29, 0.717) is 13.0 Å². The Bertz CT molecular complexity index is 479. The Morgan fingerprint density at radius 3 is 2.44 bits per heavy atom. The lowest BCUT2D eigenvalue weighted by Crippen LogP contribution is -2.32. The van der Waals surface area contributed by atoms with E-state index in [1.54, 1.807) is 30.3 Å². The second-order valence-electron chi connectivity index (χ2n) is 4.04. The van der Waals surface area contributed by atoms with Crippen LogP contribution in [0.4, 0.5) is 0 Å². The highest BCUT2D eigenvalue weighted by atomic mass is 32.2. The maximum atomic E-state index is 12.3. The van der Waals surface area contributed by atoms with Gasteiger partial charge < -0.3 is 5.11 Å². The summed E-state index contributed by atoms with van der Waals surface area (Å²) in [6.45, 7) is 5.97. The molecule has 0 saturated carbocycles. The second kappa shape index (κ2) is 6.68. The summed E-state index contributed by atoms with van der Waals surface area (Å²) < 4.78 is 26.0. The van der Waals surface area contributed by atoms with Crippen molar-refractivity contribution in [3.05, 3.63) is 42.5 Å². The van der Waals surface area contributed by atoms with Gasteiger partial charge in [-0.3, -0.25) is 0 Å². The summed E-state index contributed by atoms with van der Waals surface area (Å²) in [5.74, 6) is 0. The highest BCUT2D eigenvalue weighted by molar-refractivity contribution is 7.89. The summed E-state index contributed by atoms with van der Waals surface area (Å²) in [6.07, 6.45) is 1.96. The molecule has 4 nitrogen and oxygen atoms in total. The van der Waals surface area contributed by atoms with Crippen LogP contribution >= 0.6 is 0 Å². The first kappa shape index (κ1) is 14.9. The van der Waals surface area contributed by atoms with Crippen LogP contribution in [0.25, 0.3) is 0 Å². The third kappa shape index (κ3) is 3.66. The molecule has 0 heterocycles. The number of aliphatic hydroxyl groups is 1. The lowest BCUT2D eigenvalue weighted by Gasteiger charge is -2.20. The van der Waals surface area contributed by atoms with Gasteiger partial charge in [-0.1, -0.05) is 23.8 Å². The molecule has 0 saturated heterocycles. The molecule has 0 fully saturated rings. The Morgan fingerprint density at radius 1 is 1.33 bits per heavy atom. The third-order valence-electron chi connectivity index (χ3n) is 2.56. The van der Waals surface area contributed by atoms with Crippen LogP contribution in [0.1, 0.15) is 12.0 Å². The van der Waals surface area contributed by atoms with Crippen LogP contribution in [0.5, 0.6) is 0 Å². The number of nitrogens with zero attached hydrogens (tertiary/aromatic N) is 1. The molecule has 0 spiro atoms. The Balaban J connectivity index is 3.00. The van der Waals surface area contributed by atoms with Crippen molar-refractivity contribution in [3.63, 3.8) is 0 Å². The number of benzene rings is 1.